The third-order valence-electron chi connectivity index (χ3n) is 4.89. The van der Waals surface area contributed by atoms with Gasteiger partial charge in [-0.2, -0.15) is 0 Å². The van der Waals surface area contributed by atoms with Crippen LogP contribution in [0.25, 0.3) is 0 Å². The molecule has 2 fully saturated rings. The van der Waals surface area contributed by atoms with E-state index in [1.54, 1.807) is 11.2 Å². The maximum atomic E-state index is 13.0. The molecule has 7 nitrogen and oxygen atoms in total. The molecule has 0 radical (unpaired) electrons. The molecule has 0 spiro atoms. The van der Waals surface area contributed by atoms with Crippen LogP contribution in [0, 0.1) is 5.92 Å². The molecule has 0 unspecified atom stereocenters. The summed E-state index contributed by atoms with van der Waals surface area (Å²) in [7, 11) is 0. The molecular weight excluding hydrogens is 308 g/mol. The first-order valence-electron chi connectivity index (χ1n) is 8.76. The van der Waals surface area contributed by atoms with E-state index in [0.717, 1.165) is 31.7 Å². The third kappa shape index (κ3) is 3.61. The van der Waals surface area contributed by atoms with Gasteiger partial charge in [-0.15, -0.1) is 0 Å². The monoisotopic (exact) mass is 334 g/mol. The standard InChI is InChI=1S/C17H26N4O3/c1-13(2)16(21-6-3-4-15(21)22)17(23)20-9-7-19(8-10-20)12-14-5-11-24-18-14/h5,11,13,16H,3-4,6-10,12H2,1-2H3/t16-/m0/s1. The van der Waals surface area contributed by atoms with E-state index < -0.39 is 0 Å². The second-order valence-corrected chi connectivity index (χ2v) is 6.97. The van der Waals surface area contributed by atoms with Crippen LogP contribution in [-0.4, -0.2) is 70.4 Å². The first-order valence-corrected chi connectivity index (χ1v) is 8.76. The average Bonchev–Trinajstić information content (AvgIpc) is 3.20. The SMILES string of the molecule is CC(C)[C@@H](C(=O)N1CCN(Cc2ccon2)CC1)N1CCCC1=O. The van der Waals surface area contributed by atoms with Crippen molar-refractivity contribution in [2.45, 2.75) is 39.3 Å². The molecule has 2 amide bonds. The van der Waals surface area contributed by atoms with E-state index in [4.69, 9.17) is 4.52 Å². The molecule has 0 aliphatic carbocycles. The molecular formula is C17H26N4O3. The van der Waals surface area contributed by atoms with Gasteiger partial charge in [0.2, 0.25) is 11.8 Å². The summed E-state index contributed by atoms with van der Waals surface area (Å²) in [6.45, 7) is 8.53. The number of amides is 2. The summed E-state index contributed by atoms with van der Waals surface area (Å²) >= 11 is 0. The smallest absolute Gasteiger partial charge is 0.245 e. The second-order valence-electron chi connectivity index (χ2n) is 6.97. The summed E-state index contributed by atoms with van der Waals surface area (Å²) in [5.41, 5.74) is 0.914. The normalized spacial score (nSPS) is 20.9. The lowest BCUT2D eigenvalue weighted by atomic mass is 10.0. The van der Waals surface area contributed by atoms with Gasteiger partial charge in [-0.05, 0) is 12.3 Å². The first-order chi connectivity index (χ1) is 11.6. The van der Waals surface area contributed by atoms with Gasteiger partial charge in [-0.3, -0.25) is 14.5 Å². The summed E-state index contributed by atoms with van der Waals surface area (Å²) in [5.74, 6) is 0.348. The Morgan fingerprint density at radius 3 is 2.54 bits per heavy atom. The number of likely N-dealkylation sites (tertiary alicyclic amines) is 1. The highest BCUT2D eigenvalue weighted by Crippen LogP contribution is 2.21. The van der Waals surface area contributed by atoms with E-state index in [1.165, 1.54) is 0 Å². The number of aromatic nitrogens is 1. The molecule has 3 rings (SSSR count). The molecule has 2 aliphatic heterocycles. The van der Waals surface area contributed by atoms with Crippen LogP contribution in [0.1, 0.15) is 32.4 Å². The lowest BCUT2D eigenvalue weighted by Gasteiger charge is -2.39. The molecule has 1 atom stereocenters. The van der Waals surface area contributed by atoms with Gasteiger partial charge in [-0.25, -0.2) is 0 Å². The zero-order chi connectivity index (χ0) is 17.1. The van der Waals surface area contributed by atoms with E-state index in [-0.39, 0.29) is 23.8 Å². The third-order valence-corrected chi connectivity index (χ3v) is 4.89. The zero-order valence-corrected chi connectivity index (χ0v) is 14.5. The highest BCUT2D eigenvalue weighted by atomic mass is 16.5. The molecule has 3 heterocycles. The fraction of sp³-hybridized carbons (Fsp3) is 0.706. The van der Waals surface area contributed by atoms with Gasteiger partial charge in [0.05, 0.1) is 5.69 Å². The van der Waals surface area contributed by atoms with E-state index in [2.05, 4.69) is 10.1 Å². The van der Waals surface area contributed by atoms with Crippen LogP contribution in [-0.2, 0) is 16.1 Å². The molecule has 0 N–H and O–H groups in total. The van der Waals surface area contributed by atoms with Crippen LogP contribution in [0.4, 0.5) is 0 Å². The Morgan fingerprint density at radius 1 is 1.25 bits per heavy atom. The van der Waals surface area contributed by atoms with Gasteiger partial charge in [0.15, 0.2) is 0 Å². The maximum Gasteiger partial charge on any atom is 0.245 e. The van der Waals surface area contributed by atoms with Crippen LogP contribution in [0.15, 0.2) is 16.9 Å². The summed E-state index contributed by atoms with van der Waals surface area (Å²) in [5, 5.41) is 3.94. The topological polar surface area (TPSA) is 69.9 Å². The Bertz CT molecular complexity index is 564. The number of carbonyl (C=O) groups is 2. The van der Waals surface area contributed by atoms with E-state index in [0.29, 0.717) is 26.1 Å². The van der Waals surface area contributed by atoms with Crippen molar-refractivity contribution in [2.75, 3.05) is 32.7 Å². The molecule has 2 saturated heterocycles. The summed E-state index contributed by atoms with van der Waals surface area (Å²) in [6, 6.07) is 1.55. The molecule has 1 aromatic rings. The van der Waals surface area contributed by atoms with Crippen molar-refractivity contribution in [1.82, 2.24) is 19.9 Å². The Hall–Kier alpha value is -1.89. The Morgan fingerprint density at radius 2 is 2.00 bits per heavy atom. The van der Waals surface area contributed by atoms with Gasteiger partial charge in [0.25, 0.3) is 0 Å². The highest BCUT2D eigenvalue weighted by molar-refractivity contribution is 5.89. The van der Waals surface area contributed by atoms with Crippen LogP contribution < -0.4 is 0 Å². The van der Waals surface area contributed by atoms with E-state index >= 15 is 0 Å². The fourth-order valence-corrected chi connectivity index (χ4v) is 3.60. The van der Waals surface area contributed by atoms with Crippen LogP contribution >= 0.6 is 0 Å². The van der Waals surface area contributed by atoms with E-state index in [1.807, 2.05) is 24.8 Å². The first kappa shape index (κ1) is 17.0. The molecule has 132 valence electrons. The molecule has 2 aliphatic rings. The van der Waals surface area contributed by atoms with Crippen molar-refractivity contribution in [2.24, 2.45) is 5.92 Å². The molecule has 0 saturated carbocycles. The van der Waals surface area contributed by atoms with Crippen molar-refractivity contribution in [1.29, 1.82) is 0 Å². The predicted octanol–water partition coefficient (Wildman–Crippen LogP) is 0.966. The quantitative estimate of drug-likeness (QED) is 0.802. The number of rotatable bonds is 5. The predicted molar refractivity (Wildman–Crippen MR) is 87.9 cm³/mol. The molecule has 1 aromatic heterocycles. The average molecular weight is 334 g/mol. The van der Waals surface area contributed by atoms with Crippen molar-refractivity contribution < 1.29 is 14.1 Å². The highest BCUT2D eigenvalue weighted by Gasteiger charge is 2.37. The van der Waals surface area contributed by atoms with Gasteiger partial charge in [0, 0.05) is 51.8 Å². The summed E-state index contributed by atoms with van der Waals surface area (Å²) < 4.78 is 4.86. The number of hydrogen-bond donors (Lipinski definition) is 0. The molecule has 0 bridgehead atoms. The van der Waals surface area contributed by atoms with Crippen molar-refractivity contribution >= 4 is 11.8 Å². The Labute approximate surface area is 142 Å². The fourth-order valence-electron chi connectivity index (χ4n) is 3.60. The van der Waals surface area contributed by atoms with Crippen molar-refractivity contribution in [3.8, 4) is 0 Å². The minimum absolute atomic E-state index is 0.0985. The number of piperazine rings is 1. The van der Waals surface area contributed by atoms with Crippen LogP contribution in [0.5, 0.6) is 0 Å². The lowest BCUT2D eigenvalue weighted by Crippen LogP contribution is -2.56. The van der Waals surface area contributed by atoms with Gasteiger partial charge in [-0.1, -0.05) is 19.0 Å². The van der Waals surface area contributed by atoms with Gasteiger partial charge < -0.3 is 14.3 Å². The van der Waals surface area contributed by atoms with Gasteiger partial charge in [0.1, 0.15) is 12.3 Å². The molecule has 0 aromatic carbocycles. The van der Waals surface area contributed by atoms with Gasteiger partial charge >= 0.3 is 0 Å². The molecule has 24 heavy (non-hydrogen) atoms. The number of hydrogen-bond acceptors (Lipinski definition) is 5. The Kier molecular flexibility index (Phi) is 5.18. The maximum absolute atomic E-state index is 13.0. The van der Waals surface area contributed by atoms with Crippen molar-refractivity contribution in [3.05, 3.63) is 18.0 Å². The summed E-state index contributed by atoms with van der Waals surface area (Å²) in [4.78, 5) is 31.0. The minimum Gasteiger partial charge on any atom is -0.364 e. The zero-order valence-electron chi connectivity index (χ0n) is 14.5. The van der Waals surface area contributed by atoms with E-state index in [9.17, 15) is 9.59 Å². The molecule has 7 heteroatoms. The second kappa shape index (κ2) is 7.34. The minimum atomic E-state index is -0.318. The lowest BCUT2D eigenvalue weighted by molar-refractivity contribution is -0.146. The number of nitrogens with zero attached hydrogens (tertiary/aromatic N) is 4. The van der Waals surface area contributed by atoms with Crippen molar-refractivity contribution in [3.63, 3.8) is 0 Å². The van der Waals surface area contributed by atoms with Crippen LogP contribution in [0.2, 0.25) is 0 Å². The summed E-state index contributed by atoms with van der Waals surface area (Å²) in [6.07, 6.45) is 3.01. The number of carbonyl (C=O) groups excluding carboxylic acids is 2. The largest absolute Gasteiger partial charge is 0.364 e. The van der Waals surface area contributed by atoms with Crippen LogP contribution in [0.3, 0.4) is 0 Å². The Balaban J connectivity index is 1.57.